The molecular formula is C11H16ClN. The van der Waals surface area contributed by atoms with E-state index in [-0.39, 0.29) is 6.04 Å². The van der Waals surface area contributed by atoms with Crippen molar-refractivity contribution in [3.05, 3.63) is 34.3 Å². The van der Waals surface area contributed by atoms with Gasteiger partial charge in [0.1, 0.15) is 0 Å². The molecule has 0 unspecified atom stereocenters. The highest BCUT2D eigenvalue weighted by atomic mass is 35.5. The van der Waals surface area contributed by atoms with Crippen molar-refractivity contribution in [2.24, 2.45) is 11.7 Å². The second-order valence-corrected chi connectivity index (χ2v) is 4.20. The molecule has 0 bridgehead atoms. The predicted molar refractivity (Wildman–Crippen MR) is 58.0 cm³/mol. The molecule has 13 heavy (non-hydrogen) atoms. The fourth-order valence-corrected chi connectivity index (χ4v) is 1.62. The van der Waals surface area contributed by atoms with Crippen molar-refractivity contribution in [2.45, 2.75) is 26.8 Å². The summed E-state index contributed by atoms with van der Waals surface area (Å²) in [6.45, 7) is 6.22. The lowest BCUT2D eigenvalue weighted by molar-refractivity contribution is 0.514. The number of rotatable bonds is 2. The summed E-state index contributed by atoms with van der Waals surface area (Å²) in [5, 5.41) is 0.779. The molecule has 0 spiro atoms. The third-order valence-corrected chi connectivity index (χ3v) is 2.56. The summed E-state index contributed by atoms with van der Waals surface area (Å²) in [6.07, 6.45) is 0. The fraction of sp³-hybridized carbons (Fsp3) is 0.455. The average Bonchev–Trinajstić information content (AvgIpc) is 2.03. The van der Waals surface area contributed by atoms with E-state index < -0.39 is 0 Å². The summed E-state index contributed by atoms with van der Waals surface area (Å²) >= 11 is 6.09. The van der Waals surface area contributed by atoms with E-state index in [2.05, 4.69) is 13.8 Å². The molecule has 0 amide bonds. The van der Waals surface area contributed by atoms with E-state index in [0.717, 1.165) is 10.6 Å². The van der Waals surface area contributed by atoms with Gasteiger partial charge in [-0.2, -0.15) is 0 Å². The van der Waals surface area contributed by atoms with Crippen LogP contribution in [0.2, 0.25) is 5.02 Å². The Bertz CT molecular complexity index is 294. The van der Waals surface area contributed by atoms with Gasteiger partial charge in [0.05, 0.1) is 0 Å². The van der Waals surface area contributed by atoms with E-state index in [9.17, 15) is 0 Å². The van der Waals surface area contributed by atoms with Crippen molar-refractivity contribution in [3.63, 3.8) is 0 Å². The molecule has 0 saturated carbocycles. The number of hydrogen-bond acceptors (Lipinski definition) is 1. The van der Waals surface area contributed by atoms with E-state index in [1.165, 1.54) is 5.56 Å². The third kappa shape index (κ3) is 2.45. The summed E-state index contributed by atoms with van der Waals surface area (Å²) in [5.74, 6) is 0.417. The zero-order valence-corrected chi connectivity index (χ0v) is 9.10. The molecule has 1 aromatic rings. The number of aryl methyl sites for hydroxylation is 1. The first-order valence-corrected chi connectivity index (χ1v) is 4.92. The molecule has 1 aromatic carbocycles. The van der Waals surface area contributed by atoms with Crippen LogP contribution in [0.15, 0.2) is 18.2 Å². The highest BCUT2D eigenvalue weighted by Gasteiger charge is 2.13. The van der Waals surface area contributed by atoms with Gasteiger partial charge in [-0.15, -0.1) is 0 Å². The van der Waals surface area contributed by atoms with Crippen LogP contribution in [0.4, 0.5) is 0 Å². The van der Waals surface area contributed by atoms with Crippen LogP contribution in [0, 0.1) is 12.8 Å². The van der Waals surface area contributed by atoms with Crippen LogP contribution in [0.25, 0.3) is 0 Å². The SMILES string of the molecule is Cc1ccc([C@H](N)C(C)C)c(Cl)c1. The molecule has 0 fully saturated rings. The van der Waals surface area contributed by atoms with Crippen molar-refractivity contribution in [2.75, 3.05) is 0 Å². The molecule has 1 atom stereocenters. The fourth-order valence-electron chi connectivity index (χ4n) is 1.26. The zero-order chi connectivity index (χ0) is 10.0. The van der Waals surface area contributed by atoms with Crippen LogP contribution in [-0.2, 0) is 0 Å². The van der Waals surface area contributed by atoms with Gasteiger partial charge in [-0.05, 0) is 30.0 Å². The minimum atomic E-state index is 0.0353. The van der Waals surface area contributed by atoms with Gasteiger partial charge in [-0.1, -0.05) is 37.6 Å². The minimum absolute atomic E-state index is 0.0353. The second kappa shape index (κ2) is 4.12. The number of benzene rings is 1. The van der Waals surface area contributed by atoms with Gasteiger partial charge in [-0.25, -0.2) is 0 Å². The number of hydrogen-bond donors (Lipinski definition) is 1. The third-order valence-electron chi connectivity index (χ3n) is 2.23. The van der Waals surface area contributed by atoms with E-state index in [1.807, 2.05) is 25.1 Å². The number of halogens is 1. The first-order valence-electron chi connectivity index (χ1n) is 4.54. The Morgan fingerprint density at radius 3 is 2.38 bits per heavy atom. The van der Waals surface area contributed by atoms with Gasteiger partial charge in [0.2, 0.25) is 0 Å². The molecule has 2 heteroatoms. The van der Waals surface area contributed by atoms with Crippen molar-refractivity contribution in [1.29, 1.82) is 0 Å². The smallest absolute Gasteiger partial charge is 0.0456 e. The van der Waals surface area contributed by atoms with Gasteiger partial charge >= 0.3 is 0 Å². The van der Waals surface area contributed by atoms with Gasteiger partial charge in [0.15, 0.2) is 0 Å². The van der Waals surface area contributed by atoms with Crippen molar-refractivity contribution >= 4 is 11.6 Å². The Balaban J connectivity index is 3.01. The molecule has 0 aliphatic heterocycles. The monoisotopic (exact) mass is 197 g/mol. The van der Waals surface area contributed by atoms with E-state index in [1.54, 1.807) is 0 Å². The predicted octanol–water partition coefficient (Wildman–Crippen LogP) is 3.30. The van der Waals surface area contributed by atoms with Gasteiger partial charge in [0, 0.05) is 11.1 Å². The lowest BCUT2D eigenvalue weighted by Crippen LogP contribution is -2.17. The molecule has 0 saturated heterocycles. The Hall–Kier alpha value is -0.530. The summed E-state index contributed by atoms with van der Waals surface area (Å²) in [5.41, 5.74) is 8.22. The lowest BCUT2D eigenvalue weighted by Gasteiger charge is -2.17. The highest BCUT2D eigenvalue weighted by molar-refractivity contribution is 6.31. The summed E-state index contributed by atoms with van der Waals surface area (Å²) in [6, 6.07) is 6.05. The second-order valence-electron chi connectivity index (χ2n) is 3.79. The molecule has 0 aliphatic carbocycles. The minimum Gasteiger partial charge on any atom is -0.324 e. The van der Waals surface area contributed by atoms with Crippen molar-refractivity contribution in [3.8, 4) is 0 Å². The Morgan fingerprint density at radius 2 is 1.92 bits per heavy atom. The normalized spacial score (nSPS) is 13.4. The standard InChI is InChI=1S/C11H16ClN/c1-7(2)11(13)9-5-4-8(3)6-10(9)12/h4-7,11H,13H2,1-3H3/t11-/m1/s1. The first kappa shape index (κ1) is 10.6. The molecule has 2 N–H and O–H groups in total. The first-order chi connectivity index (χ1) is 6.02. The lowest BCUT2D eigenvalue weighted by atomic mass is 9.96. The quantitative estimate of drug-likeness (QED) is 0.774. The maximum absolute atomic E-state index is 6.09. The summed E-state index contributed by atoms with van der Waals surface area (Å²) in [7, 11) is 0. The van der Waals surface area contributed by atoms with E-state index in [4.69, 9.17) is 17.3 Å². The molecule has 1 rings (SSSR count). The molecule has 72 valence electrons. The Labute approximate surface area is 84.9 Å². The largest absolute Gasteiger partial charge is 0.324 e. The van der Waals surface area contributed by atoms with Gasteiger partial charge in [0.25, 0.3) is 0 Å². The van der Waals surface area contributed by atoms with E-state index >= 15 is 0 Å². The summed E-state index contributed by atoms with van der Waals surface area (Å²) < 4.78 is 0. The van der Waals surface area contributed by atoms with Crippen LogP contribution in [0.3, 0.4) is 0 Å². The Morgan fingerprint density at radius 1 is 1.31 bits per heavy atom. The molecule has 0 heterocycles. The van der Waals surface area contributed by atoms with Crippen LogP contribution in [0.5, 0.6) is 0 Å². The average molecular weight is 198 g/mol. The van der Waals surface area contributed by atoms with Crippen LogP contribution < -0.4 is 5.73 Å². The van der Waals surface area contributed by atoms with E-state index in [0.29, 0.717) is 5.92 Å². The molecule has 0 radical (unpaired) electrons. The maximum Gasteiger partial charge on any atom is 0.0456 e. The molecular weight excluding hydrogens is 182 g/mol. The molecule has 0 aromatic heterocycles. The summed E-state index contributed by atoms with van der Waals surface area (Å²) in [4.78, 5) is 0. The van der Waals surface area contributed by atoms with Gasteiger partial charge in [-0.3, -0.25) is 0 Å². The maximum atomic E-state index is 6.09. The van der Waals surface area contributed by atoms with Crippen LogP contribution >= 0.6 is 11.6 Å². The number of nitrogens with two attached hydrogens (primary N) is 1. The van der Waals surface area contributed by atoms with Crippen LogP contribution in [0.1, 0.15) is 31.0 Å². The van der Waals surface area contributed by atoms with Crippen molar-refractivity contribution < 1.29 is 0 Å². The molecule has 0 aliphatic rings. The topological polar surface area (TPSA) is 26.0 Å². The zero-order valence-electron chi connectivity index (χ0n) is 8.34. The van der Waals surface area contributed by atoms with Crippen LogP contribution in [-0.4, -0.2) is 0 Å². The molecule has 1 nitrogen and oxygen atoms in total. The highest BCUT2D eigenvalue weighted by Crippen LogP contribution is 2.26. The van der Waals surface area contributed by atoms with Gasteiger partial charge < -0.3 is 5.73 Å². The van der Waals surface area contributed by atoms with Crippen molar-refractivity contribution in [1.82, 2.24) is 0 Å². The Kier molecular flexibility index (Phi) is 3.34.